The van der Waals surface area contributed by atoms with Gasteiger partial charge in [0.25, 0.3) is 0 Å². The van der Waals surface area contributed by atoms with Gasteiger partial charge >= 0.3 is 0 Å². The summed E-state index contributed by atoms with van der Waals surface area (Å²) < 4.78 is 0. The van der Waals surface area contributed by atoms with Crippen LogP contribution >= 0.6 is 0 Å². The molecule has 2 rings (SSSR count). The Hall–Kier alpha value is -0.0800. The van der Waals surface area contributed by atoms with E-state index in [1.165, 1.54) is 45.6 Å². The molecule has 64 valence electrons. The molecule has 1 aliphatic carbocycles. The molecule has 1 aliphatic heterocycles. The Morgan fingerprint density at radius 1 is 1.45 bits per heavy atom. The van der Waals surface area contributed by atoms with Gasteiger partial charge in [0.15, 0.2) is 0 Å². The van der Waals surface area contributed by atoms with E-state index in [-0.39, 0.29) is 0 Å². The average Bonchev–Trinajstić information content (AvgIpc) is 2.80. The third-order valence-electron chi connectivity index (χ3n) is 3.07. The van der Waals surface area contributed by atoms with Crippen LogP contribution in [0.1, 0.15) is 19.8 Å². The molecule has 0 unspecified atom stereocenters. The van der Waals surface area contributed by atoms with Gasteiger partial charge in [0.2, 0.25) is 0 Å². The molecule has 0 amide bonds. The summed E-state index contributed by atoms with van der Waals surface area (Å²) in [6.07, 6.45) is 2.91. The highest BCUT2D eigenvalue weighted by molar-refractivity contribution is 4.98. The highest BCUT2D eigenvalue weighted by Crippen LogP contribution is 2.46. The first kappa shape index (κ1) is 7.56. The molecule has 0 atom stereocenters. The summed E-state index contributed by atoms with van der Waals surface area (Å²) in [5, 5.41) is 3.52. The van der Waals surface area contributed by atoms with Crippen LogP contribution in [0.3, 0.4) is 0 Å². The van der Waals surface area contributed by atoms with E-state index in [1.807, 2.05) is 0 Å². The quantitative estimate of drug-likeness (QED) is 0.598. The van der Waals surface area contributed by atoms with Crippen LogP contribution in [0.25, 0.3) is 0 Å². The molecule has 11 heavy (non-hydrogen) atoms. The van der Waals surface area contributed by atoms with Crippen molar-refractivity contribution in [1.82, 2.24) is 10.2 Å². The van der Waals surface area contributed by atoms with Gasteiger partial charge in [-0.1, -0.05) is 6.92 Å². The van der Waals surface area contributed by atoms with Crippen LogP contribution in [-0.2, 0) is 0 Å². The maximum absolute atomic E-state index is 3.52. The van der Waals surface area contributed by atoms with Gasteiger partial charge in [0, 0.05) is 26.2 Å². The van der Waals surface area contributed by atoms with Crippen LogP contribution in [0.5, 0.6) is 0 Å². The minimum absolute atomic E-state index is 0.701. The van der Waals surface area contributed by atoms with Crippen molar-refractivity contribution in [2.75, 3.05) is 32.7 Å². The maximum Gasteiger partial charge on any atom is 0.0107 e. The molecule has 1 saturated carbocycles. The largest absolute Gasteiger partial charge is 0.315 e. The molecule has 1 spiro atoms. The van der Waals surface area contributed by atoms with E-state index in [1.54, 1.807) is 0 Å². The smallest absolute Gasteiger partial charge is 0.0107 e. The summed E-state index contributed by atoms with van der Waals surface area (Å²) in [7, 11) is 0. The Balaban J connectivity index is 1.94. The van der Waals surface area contributed by atoms with Crippen LogP contribution in [0, 0.1) is 5.41 Å². The van der Waals surface area contributed by atoms with Gasteiger partial charge < -0.3 is 10.2 Å². The first-order chi connectivity index (χ1) is 5.35. The number of nitrogens with one attached hydrogen (secondary N) is 1. The summed E-state index contributed by atoms with van der Waals surface area (Å²) in [6.45, 7) is 8.54. The van der Waals surface area contributed by atoms with Crippen LogP contribution in [-0.4, -0.2) is 37.6 Å². The third kappa shape index (κ3) is 1.57. The molecule has 0 aromatic rings. The van der Waals surface area contributed by atoms with Gasteiger partial charge in [-0.2, -0.15) is 0 Å². The minimum atomic E-state index is 0.701. The standard InChI is InChI=1S/C9H18N2/c1-2-11-6-5-10-7-9(8-11)3-4-9/h10H,2-8H2,1H3. The minimum Gasteiger partial charge on any atom is -0.315 e. The lowest BCUT2D eigenvalue weighted by Gasteiger charge is -2.21. The Kier molecular flexibility index (Phi) is 1.90. The molecular formula is C9H18N2. The zero-order chi connectivity index (χ0) is 7.73. The van der Waals surface area contributed by atoms with E-state index in [0.717, 1.165) is 0 Å². The SMILES string of the molecule is CCN1CCNCC2(CC2)C1. The fourth-order valence-corrected chi connectivity index (χ4v) is 1.98. The van der Waals surface area contributed by atoms with Crippen molar-refractivity contribution in [1.29, 1.82) is 0 Å². The average molecular weight is 154 g/mol. The Morgan fingerprint density at radius 3 is 2.91 bits per heavy atom. The second-order valence-corrected chi connectivity index (χ2v) is 4.05. The summed E-state index contributed by atoms with van der Waals surface area (Å²) in [6, 6.07) is 0. The molecule has 2 heteroatoms. The summed E-state index contributed by atoms with van der Waals surface area (Å²) >= 11 is 0. The molecule has 1 saturated heterocycles. The zero-order valence-corrected chi connectivity index (χ0v) is 7.40. The summed E-state index contributed by atoms with van der Waals surface area (Å²) in [5.74, 6) is 0. The van der Waals surface area contributed by atoms with Gasteiger partial charge in [0.05, 0.1) is 0 Å². The van der Waals surface area contributed by atoms with E-state index < -0.39 is 0 Å². The molecule has 2 nitrogen and oxygen atoms in total. The fraction of sp³-hybridized carbons (Fsp3) is 1.00. The van der Waals surface area contributed by atoms with E-state index in [0.29, 0.717) is 5.41 Å². The predicted molar refractivity (Wildman–Crippen MR) is 46.7 cm³/mol. The van der Waals surface area contributed by atoms with Gasteiger partial charge in [0.1, 0.15) is 0 Å². The summed E-state index contributed by atoms with van der Waals surface area (Å²) in [5.41, 5.74) is 0.701. The fourth-order valence-electron chi connectivity index (χ4n) is 1.98. The van der Waals surface area contributed by atoms with Crippen LogP contribution in [0.2, 0.25) is 0 Å². The monoisotopic (exact) mass is 154 g/mol. The Labute approximate surface area is 69.0 Å². The maximum atomic E-state index is 3.52. The number of likely N-dealkylation sites (N-methyl/N-ethyl adjacent to an activating group) is 1. The first-order valence-electron chi connectivity index (χ1n) is 4.78. The van der Waals surface area contributed by atoms with Crippen LogP contribution in [0.15, 0.2) is 0 Å². The van der Waals surface area contributed by atoms with E-state index in [4.69, 9.17) is 0 Å². The highest BCUT2D eigenvalue weighted by Gasteiger charge is 2.43. The molecule has 0 aromatic heterocycles. The highest BCUT2D eigenvalue weighted by atomic mass is 15.2. The molecular weight excluding hydrogens is 136 g/mol. The molecule has 2 fully saturated rings. The summed E-state index contributed by atoms with van der Waals surface area (Å²) in [4.78, 5) is 2.58. The lowest BCUT2D eigenvalue weighted by Crippen LogP contribution is -2.30. The molecule has 2 aliphatic rings. The number of hydrogen-bond donors (Lipinski definition) is 1. The molecule has 0 bridgehead atoms. The number of rotatable bonds is 1. The van der Waals surface area contributed by atoms with Gasteiger partial charge in [-0.05, 0) is 24.8 Å². The first-order valence-corrected chi connectivity index (χ1v) is 4.78. The molecule has 0 aromatic carbocycles. The Bertz CT molecular complexity index is 140. The Morgan fingerprint density at radius 2 is 2.27 bits per heavy atom. The van der Waals surface area contributed by atoms with Crippen molar-refractivity contribution < 1.29 is 0 Å². The number of nitrogens with zero attached hydrogens (tertiary/aromatic N) is 1. The third-order valence-corrected chi connectivity index (χ3v) is 3.07. The van der Waals surface area contributed by atoms with E-state index in [9.17, 15) is 0 Å². The van der Waals surface area contributed by atoms with Crippen molar-refractivity contribution in [3.63, 3.8) is 0 Å². The molecule has 0 radical (unpaired) electrons. The lowest BCUT2D eigenvalue weighted by molar-refractivity contribution is 0.260. The lowest BCUT2D eigenvalue weighted by atomic mass is 10.1. The van der Waals surface area contributed by atoms with E-state index in [2.05, 4.69) is 17.1 Å². The molecule has 1 N–H and O–H groups in total. The molecule has 1 heterocycles. The normalized spacial score (nSPS) is 30.3. The van der Waals surface area contributed by atoms with Gasteiger partial charge in [-0.25, -0.2) is 0 Å². The van der Waals surface area contributed by atoms with Crippen molar-refractivity contribution in [2.45, 2.75) is 19.8 Å². The predicted octanol–water partition coefficient (Wildman–Crippen LogP) is 0.692. The van der Waals surface area contributed by atoms with Crippen molar-refractivity contribution in [3.05, 3.63) is 0 Å². The van der Waals surface area contributed by atoms with Crippen molar-refractivity contribution in [3.8, 4) is 0 Å². The van der Waals surface area contributed by atoms with Gasteiger partial charge in [-0.3, -0.25) is 0 Å². The van der Waals surface area contributed by atoms with Crippen molar-refractivity contribution >= 4 is 0 Å². The topological polar surface area (TPSA) is 15.3 Å². The van der Waals surface area contributed by atoms with Gasteiger partial charge in [-0.15, -0.1) is 0 Å². The van der Waals surface area contributed by atoms with Crippen LogP contribution in [0.4, 0.5) is 0 Å². The number of hydrogen-bond acceptors (Lipinski definition) is 2. The van der Waals surface area contributed by atoms with Crippen LogP contribution < -0.4 is 5.32 Å². The second-order valence-electron chi connectivity index (χ2n) is 4.05. The van der Waals surface area contributed by atoms with E-state index >= 15 is 0 Å². The second kappa shape index (κ2) is 2.76. The van der Waals surface area contributed by atoms with Crippen molar-refractivity contribution in [2.24, 2.45) is 5.41 Å². The zero-order valence-electron chi connectivity index (χ0n) is 7.40.